The monoisotopic (exact) mass is 1230 g/mol. The molecule has 7 N–H and O–H groups in total. The fourth-order valence-corrected chi connectivity index (χ4v) is 11.0. The molecule has 22 nitrogen and oxygen atoms in total. The molecule has 1 spiro atoms. The number of ether oxygens (including phenoxy) is 7. The van der Waals surface area contributed by atoms with Gasteiger partial charge in [0.05, 0.1) is 75.2 Å². The maximum Gasteiger partial charge on any atom is 0.416 e. The standard InChI is InChI=1S/C60H71Cl3N8O14/c1-34(2)51(64)53(73)68-43(9-6-7-20-65-57(77)85-33-60(61,62)63)52(72)67-38-14-10-35(11-15-38)31-84-58(78)71-45-27-50(48(81-5)25-42(45)55(75)70-32-59(18-19-59)28-46(70)56(71)76)83-22-8-21-82-49-26-44-41(24-47(49)80-4)54(74)69-30-37(23-39(69)29-66-44)36-12-16-40(79-3)17-13-36/h10-17,24-27,30,34,39,43,46,51,56,66,76H,6-9,18-23,28-29,31-33,64H2,1-5H3,(H,65,77)(H,67,72)(H,68,73)/t39-,43-,46-,51-,56?/m0/s1. The summed E-state index contributed by atoms with van der Waals surface area (Å²) in [6.07, 6.45) is 3.11. The minimum Gasteiger partial charge on any atom is -0.497 e. The number of rotatable bonds is 23. The zero-order chi connectivity index (χ0) is 60.7. The topological polar surface area (TPSA) is 271 Å². The summed E-state index contributed by atoms with van der Waals surface area (Å²) in [5.74, 6) is 0.255. The molecule has 2 fully saturated rings. The number of unbranched alkanes of at least 4 members (excludes halogenated alkanes) is 1. The number of hydrogen-bond acceptors (Lipinski definition) is 16. The summed E-state index contributed by atoms with van der Waals surface area (Å²) in [5.41, 5.74) is 10.2. The van der Waals surface area contributed by atoms with Crippen LogP contribution in [0.4, 0.5) is 26.7 Å². The van der Waals surface area contributed by atoms with Crippen molar-refractivity contribution < 1.29 is 67.0 Å². The summed E-state index contributed by atoms with van der Waals surface area (Å²) in [4.78, 5) is 86.0. The van der Waals surface area contributed by atoms with Gasteiger partial charge in [-0.05, 0) is 109 Å². The Labute approximate surface area is 507 Å². The van der Waals surface area contributed by atoms with Gasteiger partial charge in [-0.25, -0.2) is 14.5 Å². The Morgan fingerprint density at radius 2 is 1.51 bits per heavy atom. The Hall–Kier alpha value is -7.37. The van der Waals surface area contributed by atoms with Gasteiger partial charge in [-0.15, -0.1) is 0 Å². The van der Waals surface area contributed by atoms with Crippen molar-refractivity contribution in [1.29, 1.82) is 0 Å². The molecule has 25 heteroatoms. The number of carbonyl (C=O) groups excluding carboxylic acids is 6. The van der Waals surface area contributed by atoms with E-state index >= 15 is 0 Å². The van der Waals surface area contributed by atoms with Crippen molar-refractivity contribution in [2.24, 2.45) is 17.1 Å². The molecule has 9 rings (SSSR count). The number of halogens is 3. The Bertz CT molecular complexity index is 3160. The minimum absolute atomic E-state index is 0.0725. The summed E-state index contributed by atoms with van der Waals surface area (Å²) in [6.45, 7) is 4.31. The number of benzene rings is 4. The van der Waals surface area contributed by atoms with E-state index in [9.17, 15) is 33.9 Å². The van der Waals surface area contributed by atoms with Crippen LogP contribution < -0.4 is 55.6 Å². The van der Waals surface area contributed by atoms with Crippen LogP contribution in [0.25, 0.3) is 5.57 Å². The maximum atomic E-state index is 14.5. The molecule has 4 aromatic carbocycles. The number of amides is 6. The van der Waals surface area contributed by atoms with Crippen molar-refractivity contribution in [2.75, 3.05) is 76.3 Å². The SMILES string of the molecule is COc1ccc(C2=CN3C(=O)c4cc(OC)c(OCCCOc5cc6c(cc5OC)C(=O)N5CC7(CC7)C[C@H]5C(O)N6C(=O)OCc5ccc(NC(=O)[C@H](CCCCNC(=O)OCC(Cl)(Cl)Cl)NC(=O)[C@@H](N)C(C)C)cc5)cc4NC[C@@H]3C2)cc1. The highest BCUT2D eigenvalue weighted by molar-refractivity contribution is 6.67. The lowest BCUT2D eigenvalue weighted by Gasteiger charge is -2.31. The number of alkyl carbamates (subject to hydrolysis) is 1. The lowest BCUT2D eigenvalue weighted by atomic mass is 10.0. The smallest absolute Gasteiger partial charge is 0.416 e. The summed E-state index contributed by atoms with van der Waals surface area (Å²) in [7, 11) is 4.58. The van der Waals surface area contributed by atoms with Crippen LogP contribution in [0.1, 0.15) is 97.1 Å². The molecule has 1 unspecified atom stereocenters. The number of anilines is 3. The Balaban J connectivity index is 0.833. The van der Waals surface area contributed by atoms with E-state index in [1.165, 1.54) is 26.4 Å². The van der Waals surface area contributed by atoms with Gasteiger partial charge in [0.1, 0.15) is 25.0 Å². The Kier molecular flexibility index (Phi) is 19.7. The Morgan fingerprint density at radius 1 is 0.824 bits per heavy atom. The van der Waals surface area contributed by atoms with E-state index in [0.717, 1.165) is 34.6 Å². The van der Waals surface area contributed by atoms with Crippen molar-refractivity contribution in [2.45, 2.75) is 106 Å². The quantitative estimate of drug-likeness (QED) is 0.0301. The second-order valence-corrected chi connectivity index (χ2v) is 24.6. The maximum absolute atomic E-state index is 14.5. The van der Waals surface area contributed by atoms with Gasteiger partial charge in [0.25, 0.3) is 11.8 Å². The van der Waals surface area contributed by atoms with E-state index in [4.69, 9.17) is 73.7 Å². The van der Waals surface area contributed by atoms with E-state index in [0.29, 0.717) is 79.2 Å². The predicted molar refractivity (Wildman–Crippen MR) is 319 cm³/mol. The van der Waals surface area contributed by atoms with Gasteiger partial charge in [-0.3, -0.25) is 19.2 Å². The average molecular weight is 1230 g/mol. The van der Waals surface area contributed by atoms with Crippen LogP contribution in [0.3, 0.4) is 0 Å². The number of alkyl halides is 3. The number of nitrogens with zero attached hydrogens (tertiary/aromatic N) is 3. The number of nitrogens with two attached hydrogens (primary N) is 1. The van der Waals surface area contributed by atoms with Crippen LogP contribution >= 0.6 is 34.8 Å². The fraction of sp³-hybridized carbons (Fsp3) is 0.467. The molecule has 4 heterocycles. The molecule has 6 amide bonds. The second-order valence-electron chi connectivity index (χ2n) is 22.1. The van der Waals surface area contributed by atoms with Gasteiger partial charge in [0.2, 0.25) is 15.6 Å². The lowest BCUT2D eigenvalue weighted by Crippen LogP contribution is -2.51. The molecule has 456 valence electrons. The summed E-state index contributed by atoms with van der Waals surface area (Å²) < 4.78 is 38.3. The predicted octanol–water partition coefficient (Wildman–Crippen LogP) is 8.38. The van der Waals surface area contributed by atoms with Crippen LogP contribution in [-0.4, -0.2) is 146 Å². The third-order valence-corrected chi connectivity index (χ3v) is 16.2. The zero-order valence-corrected chi connectivity index (χ0v) is 50.2. The van der Waals surface area contributed by atoms with Crippen molar-refractivity contribution in [1.82, 2.24) is 20.4 Å². The highest BCUT2D eigenvalue weighted by atomic mass is 35.6. The molecule has 0 bridgehead atoms. The van der Waals surface area contributed by atoms with Crippen LogP contribution in [0.2, 0.25) is 0 Å². The molecule has 1 aliphatic carbocycles. The van der Waals surface area contributed by atoms with E-state index in [1.807, 2.05) is 30.5 Å². The van der Waals surface area contributed by atoms with E-state index < -0.39 is 58.8 Å². The molecule has 85 heavy (non-hydrogen) atoms. The molecule has 1 saturated heterocycles. The first-order chi connectivity index (χ1) is 40.7. The number of carbonyl (C=O) groups is 6. The zero-order valence-electron chi connectivity index (χ0n) is 47.9. The third kappa shape index (κ3) is 14.8. The van der Waals surface area contributed by atoms with Gasteiger partial charge in [0, 0.05) is 50.1 Å². The minimum atomic E-state index is -1.76. The average Bonchev–Trinajstić information content (AvgIpc) is 1.84. The first-order valence-electron chi connectivity index (χ1n) is 28.2. The van der Waals surface area contributed by atoms with Crippen molar-refractivity contribution >= 4 is 93.3 Å². The Morgan fingerprint density at radius 3 is 2.15 bits per heavy atom. The molecular formula is C60H71Cl3N8O14. The van der Waals surface area contributed by atoms with Gasteiger partial charge in [0.15, 0.2) is 29.2 Å². The highest BCUT2D eigenvalue weighted by Gasteiger charge is 2.58. The fourth-order valence-electron chi connectivity index (χ4n) is 10.8. The van der Waals surface area contributed by atoms with Crippen LogP contribution in [-0.2, 0) is 25.7 Å². The van der Waals surface area contributed by atoms with E-state index in [-0.39, 0.29) is 84.7 Å². The normalized spacial score (nSPS) is 18.9. The van der Waals surface area contributed by atoms with E-state index in [2.05, 4.69) is 21.3 Å². The van der Waals surface area contributed by atoms with Gasteiger partial charge in [-0.2, -0.15) is 0 Å². The van der Waals surface area contributed by atoms with Crippen molar-refractivity contribution in [3.63, 3.8) is 0 Å². The molecule has 4 aliphatic heterocycles. The molecular weight excluding hydrogens is 1160 g/mol. The summed E-state index contributed by atoms with van der Waals surface area (Å²) >= 11 is 16.9. The van der Waals surface area contributed by atoms with Crippen LogP contribution in [0, 0.1) is 11.3 Å². The van der Waals surface area contributed by atoms with Crippen molar-refractivity contribution in [3.05, 3.63) is 101 Å². The van der Waals surface area contributed by atoms with Gasteiger partial charge >= 0.3 is 12.2 Å². The third-order valence-electron chi connectivity index (χ3n) is 15.8. The second kappa shape index (κ2) is 26.9. The molecule has 5 atom stereocenters. The highest BCUT2D eigenvalue weighted by Crippen LogP contribution is 2.57. The number of hydrogen-bond donors (Lipinski definition) is 6. The number of nitrogens with one attached hydrogen (secondary N) is 4. The van der Waals surface area contributed by atoms with E-state index in [1.54, 1.807) is 67.2 Å². The van der Waals surface area contributed by atoms with Crippen LogP contribution in [0.15, 0.2) is 79.0 Å². The molecule has 0 radical (unpaired) electrons. The molecule has 5 aliphatic rings. The molecule has 4 aromatic rings. The number of aliphatic hydroxyl groups excluding tert-OH is 1. The van der Waals surface area contributed by atoms with Gasteiger partial charge < -0.3 is 75.1 Å². The van der Waals surface area contributed by atoms with Gasteiger partial charge in [-0.1, -0.05) is 72.9 Å². The first-order valence-corrected chi connectivity index (χ1v) is 29.3. The molecule has 1 saturated carbocycles. The summed E-state index contributed by atoms with van der Waals surface area (Å²) in [6, 6.07) is 18.1. The number of aliphatic hydroxyl groups is 1. The summed E-state index contributed by atoms with van der Waals surface area (Å²) in [5, 5.41) is 23.7. The molecule has 0 aromatic heterocycles. The number of fused-ring (bicyclic) bond motifs is 4. The largest absolute Gasteiger partial charge is 0.497 e. The van der Waals surface area contributed by atoms with Crippen LogP contribution in [0.5, 0.6) is 28.7 Å². The number of methoxy groups -OCH3 is 3. The first kappa shape index (κ1) is 62.2. The lowest BCUT2D eigenvalue weighted by molar-refractivity contribution is -0.128. The van der Waals surface area contributed by atoms with Crippen molar-refractivity contribution in [3.8, 4) is 28.7 Å².